The fourth-order valence-electron chi connectivity index (χ4n) is 2.82. The summed E-state index contributed by atoms with van der Waals surface area (Å²) in [4.78, 5) is 31.4. The third kappa shape index (κ3) is 4.82. The van der Waals surface area contributed by atoms with Crippen LogP contribution in [0.25, 0.3) is 0 Å². The summed E-state index contributed by atoms with van der Waals surface area (Å²) in [6.07, 6.45) is 2.35. The monoisotopic (exact) mass is 373 g/mol. The molecule has 142 valence electrons. The van der Waals surface area contributed by atoms with E-state index in [0.29, 0.717) is 18.7 Å². The molecule has 3 aromatic rings. The number of benzene rings is 2. The second-order valence-corrected chi connectivity index (χ2v) is 6.40. The molecule has 0 fully saturated rings. The van der Waals surface area contributed by atoms with Gasteiger partial charge in [0.05, 0.1) is 6.54 Å². The maximum Gasteiger partial charge on any atom is 0.277 e. The van der Waals surface area contributed by atoms with Gasteiger partial charge in [0.15, 0.2) is 0 Å². The third-order valence-corrected chi connectivity index (χ3v) is 4.27. The van der Waals surface area contributed by atoms with Crippen molar-refractivity contribution in [3.63, 3.8) is 0 Å². The first-order valence-electron chi connectivity index (χ1n) is 9.34. The van der Waals surface area contributed by atoms with E-state index in [0.717, 1.165) is 17.7 Å². The normalized spacial score (nSPS) is 10.3. The molecule has 2 amide bonds. The predicted octanol–water partition coefficient (Wildman–Crippen LogP) is 4.07. The zero-order valence-corrected chi connectivity index (χ0v) is 15.8. The topological polar surface area (TPSA) is 62.3 Å². The number of anilines is 1. The summed E-state index contributed by atoms with van der Waals surface area (Å²) in [7, 11) is 0. The number of pyridine rings is 1. The molecule has 0 aliphatic carbocycles. The van der Waals surface area contributed by atoms with Crippen molar-refractivity contribution in [2.45, 2.75) is 19.9 Å². The Morgan fingerprint density at radius 1 is 0.964 bits per heavy atom. The zero-order chi connectivity index (χ0) is 19.8. The number of amides is 2. The van der Waals surface area contributed by atoms with Gasteiger partial charge in [-0.2, -0.15) is 0 Å². The summed E-state index contributed by atoms with van der Waals surface area (Å²) in [6.45, 7) is 3.00. The highest BCUT2D eigenvalue weighted by Crippen LogP contribution is 2.20. The van der Waals surface area contributed by atoms with Crippen LogP contribution in [0.15, 0.2) is 79.0 Å². The molecule has 5 heteroatoms. The number of carbonyl (C=O) groups excluding carboxylic acids is 2. The van der Waals surface area contributed by atoms with E-state index in [9.17, 15) is 9.59 Å². The lowest BCUT2D eigenvalue weighted by atomic mass is 10.1. The van der Waals surface area contributed by atoms with Crippen molar-refractivity contribution in [1.82, 2.24) is 10.3 Å². The van der Waals surface area contributed by atoms with E-state index in [4.69, 9.17) is 0 Å². The molecule has 0 bridgehead atoms. The van der Waals surface area contributed by atoms with Crippen LogP contribution in [0.3, 0.4) is 0 Å². The lowest BCUT2D eigenvalue weighted by Crippen LogP contribution is -2.31. The maximum absolute atomic E-state index is 13.3. The van der Waals surface area contributed by atoms with Gasteiger partial charge in [0.1, 0.15) is 5.69 Å². The van der Waals surface area contributed by atoms with Gasteiger partial charge in [-0.1, -0.05) is 55.5 Å². The quantitative estimate of drug-likeness (QED) is 0.679. The van der Waals surface area contributed by atoms with Crippen LogP contribution >= 0.6 is 0 Å². The van der Waals surface area contributed by atoms with Crippen LogP contribution in [0.4, 0.5) is 5.69 Å². The van der Waals surface area contributed by atoms with Crippen molar-refractivity contribution in [3.8, 4) is 0 Å². The number of carbonyl (C=O) groups is 2. The first-order valence-corrected chi connectivity index (χ1v) is 9.34. The number of hydrogen-bond acceptors (Lipinski definition) is 3. The van der Waals surface area contributed by atoms with Gasteiger partial charge < -0.3 is 10.2 Å². The molecule has 3 rings (SSSR count). The molecule has 28 heavy (non-hydrogen) atoms. The lowest BCUT2D eigenvalue weighted by molar-refractivity contribution is 0.0953. The molecular formula is C23H23N3O2. The first-order chi connectivity index (χ1) is 13.7. The van der Waals surface area contributed by atoms with Crippen LogP contribution in [-0.4, -0.2) is 23.3 Å². The van der Waals surface area contributed by atoms with Crippen LogP contribution < -0.4 is 10.2 Å². The van der Waals surface area contributed by atoms with Crippen molar-refractivity contribution in [2.75, 3.05) is 11.4 Å². The molecular weight excluding hydrogens is 350 g/mol. The Morgan fingerprint density at radius 3 is 2.32 bits per heavy atom. The van der Waals surface area contributed by atoms with Crippen molar-refractivity contribution in [3.05, 3.63) is 95.8 Å². The number of para-hydroxylation sites is 1. The van der Waals surface area contributed by atoms with Crippen molar-refractivity contribution >= 4 is 17.5 Å². The second-order valence-electron chi connectivity index (χ2n) is 6.40. The maximum atomic E-state index is 13.3. The van der Waals surface area contributed by atoms with Crippen molar-refractivity contribution in [1.29, 1.82) is 0 Å². The molecule has 1 aromatic heterocycles. The summed E-state index contributed by atoms with van der Waals surface area (Å²) in [5.41, 5.74) is 2.46. The molecule has 0 aliphatic heterocycles. The van der Waals surface area contributed by atoms with E-state index >= 15 is 0 Å². The summed E-state index contributed by atoms with van der Waals surface area (Å²) >= 11 is 0. The highest BCUT2D eigenvalue weighted by atomic mass is 16.2. The van der Waals surface area contributed by atoms with Crippen molar-refractivity contribution < 1.29 is 9.59 Å². The van der Waals surface area contributed by atoms with Gasteiger partial charge in [-0.05, 0) is 36.2 Å². The molecule has 0 radical (unpaired) electrons. The van der Waals surface area contributed by atoms with E-state index in [1.807, 2.05) is 67.6 Å². The molecule has 5 nitrogen and oxygen atoms in total. The minimum Gasteiger partial charge on any atom is -0.352 e. The number of rotatable bonds is 7. The predicted molar refractivity (Wildman–Crippen MR) is 110 cm³/mol. The fourth-order valence-corrected chi connectivity index (χ4v) is 2.82. The number of aromatic nitrogens is 1. The summed E-state index contributed by atoms with van der Waals surface area (Å²) in [6, 6.07) is 22.4. The summed E-state index contributed by atoms with van der Waals surface area (Å²) in [5, 5.41) is 2.82. The highest BCUT2D eigenvalue weighted by Gasteiger charge is 2.20. The Kier molecular flexibility index (Phi) is 6.52. The molecule has 0 saturated carbocycles. The fraction of sp³-hybridized carbons (Fsp3) is 0.174. The van der Waals surface area contributed by atoms with Gasteiger partial charge in [-0.3, -0.25) is 14.6 Å². The molecule has 0 atom stereocenters. The van der Waals surface area contributed by atoms with Crippen LogP contribution in [-0.2, 0) is 6.54 Å². The Bertz CT molecular complexity index is 927. The molecule has 1 N–H and O–H groups in total. The standard InChI is InChI=1S/C23H23N3O2/c1-2-14-25-22(27)19-13-15-24-21(16-19)23(28)26(20-11-7-4-8-12-20)17-18-9-5-3-6-10-18/h3-13,15-16H,2,14,17H2,1H3,(H,25,27). The Morgan fingerprint density at radius 2 is 1.64 bits per heavy atom. The van der Waals surface area contributed by atoms with E-state index < -0.39 is 0 Å². The van der Waals surface area contributed by atoms with Gasteiger partial charge in [0.25, 0.3) is 11.8 Å². The number of hydrogen-bond donors (Lipinski definition) is 1. The molecule has 0 unspecified atom stereocenters. The van der Waals surface area contributed by atoms with Gasteiger partial charge in [0, 0.05) is 24.0 Å². The smallest absolute Gasteiger partial charge is 0.277 e. The van der Waals surface area contributed by atoms with E-state index in [1.54, 1.807) is 17.0 Å². The third-order valence-electron chi connectivity index (χ3n) is 4.27. The number of nitrogens with one attached hydrogen (secondary N) is 1. The molecule has 1 heterocycles. The lowest BCUT2D eigenvalue weighted by Gasteiger charge is -2.23. The van der Waals surface area contributed by atoms with E-state index in [-0.39, 0.29) is 17.5 Å². The Hall–Kier alpha value is -3.47. The Labute approximate surface area is 165 Å². The summed E-state index contributed by atoms with van der Waals surface area (Å²) in [5.74, 6) is -0.451. The van der Waals surface area contributed by atoms with Crippen LogP contribution in [0.5, 0.6) is 0 Å². The average molecular weight is 373 g/mol. The van der Waals surface area contributed by atoms with Crippen LogP contribution in [0.2, 0.25) is 0 Å². The minimum atomic E-state index is -0.250. The first kappa shape index (κ1) is 19.3. The van der Waals surface area contributed by atoms with Crippen LogP contribution in [0, 0.1) is 0 Å². The number of nitrogens with zero attached hydrogens (tertiary/aromatic N) is 2. The largest absolute Gasteiger partial charge is 0.352 e. The molecule has 0 spiro atoms. The van der Waals surface area contributed by atoms with Crippen LogP contribution in [0.1, 0.15) is 39.8 Å². The van der Waals surface area contributed by atoms with Gasteiger partial charge in [-0.25, -0.2) is 0 Å². The molecule has 0 aliphatic rings. The highest BCUT2D eigenvalue weighted by molar-refractivity contribution is 6.06. The summed E-state index contributed by atoms with van der Waals surface area (Å²) < 4.78 is 0. The van der Waals surface area contributed by atoms with E-state index in [2.05, 4.69) is 10.3 Å². The zero-order valence-electron chi connectivity index (χ0n) is 15.8. The SMILES string of the molecule is CCCNC(=O)c1ccnc(C(=O)N(Cc2ccccc2)c2ccccc2)c1. The average Bonchev–Trinajstić information content (AvgIpc) is 2.76. The Balaban J connectivity index is 1.90. The second kappa shape index (κ2) is 9.46. The molecule has 2 aromatic carbocycles. The van der Waals surface area contributed by atoms with Crippen molar-refractivity contribution in [2.24, 2.45) is 0 Å². The van der Waals surface area contributed by atoms with Gasteiger partial charge in [0.2, 0.25) is 0 Å². The van der Waals surface area contributed by atoms with Gasteiger partial charge >= 0.3 is 0 Å². The minimum absolute atomic E-state index is 0.201. The molecule has 0 saturated heterocycles. The van der Waals surface area contributed by atoms with E-state index in [1.165, 1.54) is 6.20 Å². The van der Waals surface area contributed by atoms with Gasteiger partial charge in [-0.15, -0.1) is 0 Å².